The van der Waals surface area contributed by atoms with Crippen molar-refractivity contribution in [3.63, 3.8) is 0 Å². The Bertz CT molecular complexity index is 1250. The van der Waals surface area contributed by atoms with Gasteiger partial charge in [-0.2, -0.15) is 0 Å². The summed E-state index contributed by atoms with van der Waals surface area (Å²) >= 11 is 0. The average molecular weight is 387 g/mol. The summed E-state index contributed by atoms with van der Waals surface area (Å²) in [6.45, 7) is 3.84. The van der Waals surface area contributed by atoms with Crippen LogP contribution in [-0.4, -0.2) is 25.0 Å². The number of amides is 1. The first-order valence-electron chi connectivity index (χ1n) is 9.28. The van der Waals surface area contributed by atoms with Crippen molar-refractivity contribution in [2.75, 3.05) is 5.32 Å². The smallest absolute Gasteiger partial charge is 0.253 e. The Morgan fingerprint density at radius 2 is 1.93 bits per heavy atom. The highest BCUT2D eigenvalue weighted by molar-refractivity contribution is 5.90. The van der Waals surface area contributed by atoms with Gasteiger partial charge in [-0.05, 0) is 18.6 Å². The predicted octanol–water partition coefficient (Wildman–Crippen LogP) is 3.11. The topological polar surface area (TPSA) is 81.8 Å². The number of nitrogens with one attached hydrogen (secondary N) is 1. The molecule has 1 N–H and O–H groups in total. The van der Waals surface area contributed by atoms with Crippen LogP contribution in [0.2, 0.25) is 0 Å². The Morgan fingerprint density at radius 1 is 1.17 bits per heavy atom. The molecule has 7 heteroatoms. The first-order valence-corrected chi connectivity index (χ1v) is 9.28. The van der Waals surface area contributed by atoms with Gasteiger partial charge < -0.3 is 14.5 Å². The number of hydrogen-bond acceptors (Lipinski definition) is 4. The van der Waals surface area contributed by atoms with E-state index in [0.29, 0.717) is 17.9 Å². The van der Waals surface area contributed by atoms with Crippen molar-refractivity contribution in [3.8, 4) is 11.4 Å². The maximum absolute atomic E-state index is 12.1. The average Bonchev–Trinajstić information content (AvgIpc) is 3.04. The molecule has 0 aliphatic rings. The van der Waals surface area contributed by atoms with Crippen LogP contribution in [0.25, 0.3) is 22.4 Å². The molecule has 0 spiro atoms. The van der Waals surface area contributed by atoms with Crippen LogP contribution in [0.3, 0.4) is 0 Å². The highest BCUT2D eigenvalue weighted by Crippen LogP contribution is 2.27. The summed E-state index contributed by atoms with van der Waals surface area (Å²) in [4.78, 5) is 32.7. The third-order valence-corrected chi connectivity index (χ3v) is 4.74. The molecule has 0 aliphatic carbocycles. The van der Waals surface area contributed by atoms with Crippen molar-refractivity contribution < 1.29 is 4.79 Å². The fourth-order valence-corrected chi connectivity index (χ4v) is 3.42. The number of carbonyl (C=O) groups excluding carboxylic acids is 1. The van der Waals surface area contributed by atoms with E-state index in [1.165, 1.54) is 6.92 Å². The molecule has 29 heavy (non-hydrogen) atoms. The van der Waals surface area contributed by atoms with E-state index >= 15 is 0 Å². The van der Waals surface area contributed by atoms with Gasteiger partial charge in [-0.15, -0.1) is 0 Å². The summed E-state index contributed by atoms with van der Waals surface area (Å²) in [6.07, 6.45) is 3.45. The first-order chi connectivity index (χ1) is 13.9. The van der Waals surface area contributed by atoms with Gasteiger partial charge in [-0.25, -0.2) is 9.97 Å². The molecule has 0 aliphatic heterocycles. The Kier molecular flexibility index (Phi) is 4.72. The minimum absolute atomic E-state index is 0.0333. The number of carbonyl (C=O) groups is 1. The lowest BCUT2D eigenvalue weighted by molar-refractivity contribution is -0.114. The minimum atomic E-state index is -0.181. The zero-order valence-corrected chi connectivity index (χ0v) is 16.5. The molecule has 0 fully saturated rings. The maximum Gasteiger partial charge on any atom is 0.253 e. The van der Waals surface area contributed by atoms with Crippen LogP contribution in [0.15, 0.2) is 59.7 Å². The molecule has 0 atom stereocenters. The SMILES string of the molecule is CC(=O)Nc1cc2c(cn1)nc(-c1cc(C)c(=O)n(C)c1)n2Cc1ccccc1. The van der Waals surface area contributed by atoms with Crippen LogP contribution in [0.4, 0.5) is 5.82 Å². The second kappa shape index (κ2) is 7.35. The number of benzene rings is 1. The number of fused-ring (bicyclic) bond motifs is 1. The number of anilines is 1. The van der Waals surface area contributed by atoms with Gasteiger partial charge in [0.25, 0.3) is 5.56 Å². The summed E-state index contributed by atoms with van der Waals surface area (Å²) in [7, 11) is 1.74. The highest BCUT2D eigenvalue weighted by Gasteiger charge is 2.16. The fraction of sp³-hybridized carbons (Fsp3) is 0.182. The Morgan fingerprint density at radius 3 is 2.62 bits per heavy atom. The van der Waals surface area contributed by atoms with Gasteiger partial charge in [0.15, 0.2) is 0 Å². The van der Waals surface area contributed by atoms with E-state index in [0.717, 1.165) is 28.0 Å². The van der Waals surface area contributed by atoms with E-state index in [4.69, 9.17) is 4.98 Å². The van der Waals surface area contributed by atoms with Gasteiger partial charge in [0.05, 0.1) is 11.7 Å². The molecule has 4 aromatic rings. The van der Waals surface area contributed by atoms with Gasteiger partial charge in [-0.3, -0.25) is 9.59 Å². The number of rotatable bonds is 4. The third kappa shape index (κ3) is 3.67. The molecule has 0 saturated heterocycles. The van der Waals surface area contributed by atoms with E-state index in [-0.39, 0.29) is 11.5 Å². The van der Waals surface area contributed by atoms with E-state index in [1.807, 2.05) is 30.3 Å². The summed E-state index contributed by atoms with van der Waals surface area (Å²) in [5.41, 5.74) is 4.16. The van der Waals surface area contributed by atoms with E-state index in [2.05, 4.69) is 27.0 Å². The maximum atomic E-state index is 12.1. The molecule has 0 radical (unpaired) electrons. The quantitative estimate of drug-likeness (QED) is 0.583. The number of hydrogen-bond donors (Lipinski definition) is 1. The molecule has 3 heterocycles. The lowest BCUT2D eigenvalue weighted by atomic mass is 10.2. The molecule has 1 amide bonds. The molecule has 0 saturated carbocycles. The fourth-order valence-electron chi connectivity index (χ4n) is 3.42. The third-order valence-electron chi connectivity index (χ3n) is 4.74. The van der Waals surface area contributed by atoms with Crippen LogP contribution in [-0.2, 0) is 18.4 Å². The van der Waals surface area contributed by atoms with E-state index < -0.39 is 0 Å². The molecular formula is C22H21N5O2. The zero-order chi connectivity index (χ0) is 20.5. The number of nitrogens with zero attached hydrogens (tertiary/aromatic N) is 4. The lowest BCUT2D eigenvalue weighted by Gasteiger charge is -2.11. The van der Waals surface area contributed by atoms with Gasteiger partial charge in [0.2, 0.25) is 5.91 Å². The highest BCUT2D eigenvalue weighted by atomic mass is 16.1. The van der Waals surface area contributed by atoms with Crippen molar-refractivity contribution >= 4 is 22.8 Å². The monoisotopic (exact) mass is 387 g/mol. The van der Waals surface area contributed by atoms with Crippen molar-refractivity contribution in [2.45, 2.75) is 20.4 Å². The van der Waals surface area contributed by atoms with Crippen LogP contribution < -0.4 is 10.9 Å². The van der Waals surface area contributed by atoms with Gasteiger partial charge in [0.1, 0.15) is 17.2 Å². The van der Waals surface area contributed by atoms with Crippen molar-refractivity contribution in [3.05, 3.63) is 76.3 Å². The number of imidazole rings is 1. The number of aryl methyl sites for hydroxylation is 2. The Hall–Kier alpha value is -3.74. The van der Waals surface area contributed by atoms with Crippen molar-refractivity contribution in [1.82, 2.24) is 19.1 Å². The zero-order valence-electron chi connectivity index (χ0n) is 16.5. The second-order valence-electron chi connectivity index (χ2n) is 7.07. The van der Waals surface area contributed by atoms with Crippen LogP contribution in [0, 0.1) is 6.92 Å². The van der Waals surface area contributed by atoms with Gasteiger partial charge in [-0.1, -0.05) is 30.3 Å². The lowest BCUT2D eigenvalue weighted by Crippen LogP contribution is -2.18. The van der Waals surface area contributed by atoms with Crippen LogP contribution >= 0.6 is 0 Å². The normalized spacial score (nSPS) is 11.0. The molecule has 0 bridgehead atoms. The predicted molar refractivity (Wildman–Crippen MR) is 113 cm³/mol. The standard InChI is InChI=1S/C22H21N5O2/c1-14-9-17(13-26(3)22(14)29)21-25-18-11-23-20(24-15(2)28)10-19(18)27(21)12-16-7-5-4-6-8-16/h4-11,13H,12H2,1-3H3,(H,23,24,28). The van der Waals surface area contributed by atoms with Gasteiger partial charge in [0, 0.05) is 43.9 Å². The largest absolute Gasteiger partial charge is 0.319 e. The number of aromatic nitrogens is 4. The molecular weight excluding hydrogens is 366 g/mol. The molecule has 0 unspecified atom stereocenters. The first kappa shape index (κ1) is 18.6. The van der Waals surface area contributed by atoms with Crippen molar-refractivity contribution in [2.24, 2.45) is 7.05 Å². The summed E-state index contributed by atoms with van der Waals surface area (Å²) in [5, 5.41) is 2.73. The van der Waals surface area contributed by atoms with Crippen molar-refractivity contribution in [1.29, 1.82) is 0 Å². The summed E-state index contributed by atoms with van der Waals surface area (Å²) < 4.78 is 3.65. The summed E-state index contributed by atoms with van der Waals surface area (Å²) in [6, 6.07) is 13.8. The second-order valence-corrected chi connectivity index (χ2v) is 7.07. The van der Waals surface area contributed by atoms with Crippen LogP contribution in [0.1, 0.15) is 18.1 Å². The van der Waals surface area contributed by atoms with E-state index in [9.17, 15) is 9.59 Å². The van der Waals surface area contributed by atoms with E-state index in [1.54, 1.807) is 30.9 Å². The number of pyridine rings is 2. The van der Waals surface area contributed by atoms with Gasteiger partial charge >= 0.3 is 0 Å². The van der Waals surface area contributed by atoms with Crippen LogP contribution in [0.5, 0.6) is 0 Å². The molecule has 1 aromatic carbocycles. The minimum Gasteiger partial charge on any atom is -0.319 e. The molecule has 4 rings (SSSR count). The molecule has 3 aromatic heterocycles. The Balaban J connectivity index is 1.94. The molecule has 7 nitrogen and oxygen atoms in total. The molecule has 146 valence electrons. The Labute approximate surface area is 167 Å². The summed E-state index contributed by atoms with van der Waals surface area (Å²) in [5.74, 6) is 1.03.